The van der Waals surface area contributed by atoms with E-state index >= 15 is 0 Å². The normalized spacial score (nSPS) is 12.5. The third-order valence-electron chi connectivity index (χ3n) is 20.5. The van der Waals surface area contributed by atoms with Crippen molar-refractivity contribution in [2.45, 2.75) is 0 Å². The van der Waals surface area contributed by atoms with Gasteiger partial charge in [-0.3, -0.25) is 0 Å². The molecule has 18 rings (SSSR count). The molecule has 16 aromatic rings. The van der Waals surface area contributed by atoms with E-state index in [0.29, 0.717) is 0 Å². The minimum atomic E-state index is -3.09. The minimum Gasteiger partial charge on any atom is -0.311 e. The Kier molecular flexibility index (Phi) is 14.0. The quantitative estimate of drug-likeness (QED) is 0.0842. The Hall–Kier alpha value is -11.8. The second-order valence-electron chi connectivity index (χ2n) is 25.4. The van der Waals surface area contributed by atoms with Crippen LogP contribution in [-0.2, 0) is 0 Å². The lowest BCUT2D eigenvalue weighted by Crippen LogP contribution is -2.75. The number of rotatable bonds is 13. The summed E-state index contributed by atoms with van der Waals surface area (Å²) >= 11 is 0. The largest absolute Gasteiger partial charge is 0.311 e. The number of fused-ring (bicyclic) bond motifs is 7. The fraction of sp³-hybridized carbons (Fsp3) is 0. The van der Waals surface area contributed by atoms with Crippen molar-refractivity contribution >= 4 is 137 Å². The lowest BCUT2D eigenvalue weighted by molar-refractivity contribution is 1.16. The van der Waals surface area contributed by atoms with Crippen molar-refractivity contribution in [2.24, 2.45) is 0 Å². The van der Waals surface area contributed by atoms with Gasteiger partial charge < -0.3 is 14.4 Å². The molecule has 0 amide bonds. The average molecular weight is 1250 g/mol. The first-order chi connectivity index (χ1) is 47.6. The highest BCUT2D eigenvalue weighted by Gasteiger charge is 2.49. The third-order valence-corrected chi connectivity index (χ3v) is 30.0. The average Bonchev–Trinajstić information content (AvgIpc) is 1.05. The van der Waals surface area contributed by atoms with Crippen molar-refractivity contribution in [3.8, 4) is 27.9 Å². The van der Waals surface area contributed by atoms with Crippen molar-refractivity contribution in [2.75, 3.05) is 9.80 Å². The van der Waals surface area contributed by atoms with E-state index in [-0.39, 0.29) is 6.71 Å². The van der Waals surface area contributed by atoms with Crippen LogP contribution in [0.15, 0.2) is 388 Å². The number of hydrogen-bond acceptors (Lipinski definition) is 2. The van der Waals surface area contributed by atoms with Crippen molar-refractivity contribution in [1.82, 2.24) is 4.57 Å². The maximum absolute atomic E-state index is 3.09. The molecule has 0 radical (unpaired) electrons. The Morgan fingerprint density at radius 1 is 0.208 bits per heavy atom. The van der Waals surface area contributed by atoms with Gasteiger partial charge in [0.2, 0.25) is 0 Å². The van der Waals surface area contributed by atoms with Gasteiger partial charge in [0.15, 0.2) is 16.1 Å². The van der Waals surface area contributed by atoms with Gasteiger partial charge in [-0.2, -0.15) is 0 Å². The van der Waals surface area contributed by atoms with Crippen LogP contribution in [0.3, 0.4) is 0 Å². The number of para-hydroxylation sites is 2. The van der Waals surface area contributed by atoms with Gasteiger partial charge in [0.05, 0.1) is 16.7 Å². The van der Waals surface area contributed by atoms with Crippen LogP contribution in [0.2, 0.25) is 0 Å². The van der Waals surface area contributed by atoms with Gasteiger partial charge in [-0.15, -0.1) is 0 Å². The van der Waals surface area contributed by atoms with E-state index in [1.165, 1.54) is 102 Å². The molecule has 2 aliphatic rings. The molecular weight excluding hydrogens is 1190 g/mol. The molecule has 3 nitrogen and oxygen atoms in total. The number of nitrogens with zero attached hydrogens (tertiary/aromatic N) is 3. The zero-order valence-corrected chi connectivity index (χ0v) is 54.9. The summed E-state index contributed by atoms with van der Waals surface area (Å²) in [5, 5.41) is 13.1. The second kappa shape index (κ2) is 23.6. The highest BCUT2D eigenvalue weighted by molar-refractivity contribution is 7.20. The summed E-state index contributed by atoms with van der Waals surface area (Å²) in [6.07, 6.45) is 0. The zero-order chi connectivity index (χ0) is 63.6. The van der Waals surface area contributed by atoms with Crippen molar-refractivity contribution < 1.29 is 0 Å². The van der Waals surface area contributed by atoms with Gasteiger partial charge >= 0.3 is 0 Å². The lowest BCUT2D eigenvalue weighted by atomic mass is 9.33. The van der Waals surface area contributed by atoms with Crippen LogP contribution >= 0.6 is 0 Å². The smallest absolute Gasteiger partial charge is 0.252 e. The van der Waals surface area contributed by atoms with Gasteiger partial charge in [0, 0.05) is 44.9 Å². The first-order valence-electron chi connectivity index (χ1n) is 33.3. The molecule has 96 heavy (non-hydrogen) atoms. The van der Waals surface area contributed by atoms with E-state index in [0.717, 1.165) is 39.5 Å². The summed E-state index contributed by atoms with van der Waals surface area (Å²) in [7, 11) is -6.19. The van der Waals surface area contributed by atoms with Crippen LogP contribution in [0.25, 0.3) is 49.7 Å². The molecule has 0 fully saturated rings. The van der Waals surface area contributed by atoms with Crippen molar-refractivity contribution in [1.29, 1.82) is 0 Å². The lowest BCUT2D eigenvalue weighted by Gasteiger charge is -2.46. The molecular formula is C90H64BN3Si2. The Morgan fingerprint density at radius 3 is 0.812 bits per heavy atom. The van der Waals surface area contributed by atoms with Crippen LogP contribution in [0.1, 0.15) is 0 Å². The highest BCUT2D eigenvalue weighted by atomic mass is 28.3. The van der Waals surface area contributed by atoms with Crippen molar-refractivity contribution in [3.63, 3.8) is 0 Å². The molecule has 0 bridgehead atoms. The summed E-state index contributed by atoms with van der Waals surface area (Å²) in [6.45, 7) is -0.197. The minimum absolute atomic E-state index is 0.197. The topological polar surface area (TPSA) is 11.4 Å². The summed E-state index contributed by atoms with van der Waals surface area (Å²) in [5.74, 6) is 0. The predicted molar refractivity (Wildman–Crippen MR) is 413 cm³/mol. The molecule has 1 aromatic heterocycles. The maximum atomic E-state index is 2.63. The zero-order valence-electron chi connectivity index (χ0n) is 52.9. The molecule has 450 valence electrons. The van der Waals surface area contributed by atoms with Gasteiger partial charge in [-0.05, 0) is 141 Å². The molecule has 2 aliphatic heterocycles. The van der Waals surface area contributed by atoms with Crippen LogP contribution in [0, 0.1) is 0 Å². The maximum Gasteiger partial charge on any atom is 0.252 e. The Morgan fingerprint density at radius 2 is 0.490 bits per heavy atom. The molecule has 0 atom stereocenters. The van der Waals surface area contributed by atoms with E-state index in [1.807, 2.05) is 0 Å². The predicted octanol–water partition coefficient (Wildman–Crippen LogP) is 15.0. The number of anilines is 6. The molecule has 0 unspecified atom stereocenters. The van der Waals surface area contributed by atoms with Crippen LogP contribution in [0.4, 0.5) is 34.1 Å². The summed E-state index contributed by atoms with van der Waals surface area (Å²) < 4.78 is 2.53. The van der Waals surface area contributed by atoms with Gasteiger partial charge in [-0.1, -0.05) is 328 Å². The van der Waals surface area contributed by atoms with E-state index in [1.54, 1.807) is 0 Å². The molecule has 6 heteroatoms. The Labute approximate surface area is 563 Å². The molecule has 0 spiro atoms. The van der Waals surface area contributed by atoms with Crippen molar-refractivity contribution in [3.05, 3.63) is 388 Å². The van der Waals surface area contributed by atoms with E-state index in [2.05, 4.69) is 403 Å². The standard InChI is InChI=1S/C90H64BN3Si2/c1-9-29-65(30-10-1)67-49-53-69(54-50-67)92-86-63-78(95(72-33-13-3-14-34-72,73-35-15-4-16-36-73)74-37-17-5-18-38-74)57-59-82(86)91-83-60-58-79(96(75-39-19-6-20-40-75,76-41-21-7-22-42-76)77-43-23-8-24-44-77)64-87(83)93(70-55-51-68(52-56-70)66-31-11-2-12-32-66)89-62-71(61-88(92)90(89)91)94-84-47-27-25-45-80(84)81-46-26-28-48-85(81)94/h1-64H. The van der Waals surface area contributed by atoms with Crippen LogP contribution < -0.4 is 67.7 Å². The monoisotopic (exact) mass is 1250 g/mol. The summed E-state index contributed by atoms with van der Waals surface area (Å²) in [4.78, 5) is 5.27. The SMILES string of the molecule is c1ccc(-c2ccc(N3c4cc([Si](c5ccccc5)(c5ccccc5)c5ccccc5)ccc4B4c5ccc([Si](c6ccccc6)(c6ccccc6)c6ccccc6)cc5N(c5ccc(-c6ccccc6)cc5)c5cc(-n6c7ccccc7c7ccccc76)cc3c54)cc2)cc1. The van der Waals surface area contributed by atoms with Gasteiger partial charge in [0.1, 0.15) is 0 Å². The summed E-state index contributed by atoms with van der Waals surface area (Å²) in [5.41, 5.74) is 18.7. The van der Waals surface area contributed by atoms with Crippen LogP contribution in [0.5, 0.6) is 0 Å². The molecule has 0 N–H and O–H groups in total. The summed E-state index contributed by atoms with van der Waals surface area (Å²) in [6, 6.07) is 147. The van der Waals surface area contributed by atoms with E-state index in [4.69, 9.17) is 0 Å². The van der Waals surface area contributed by atoms with E-state index in [9.17, 15) is 0 Å². The molecule has 3 heterocycles. The second-order valence-corrected chi connectivity index (χ2v) is 33.1. The third kappa shape index (κ3) is 9.09. The Bertz CT molecular complexity index is 4970. The first kappa shape index (κ1) is 56.9. The number of hydrogen-bond donors (Lipinski definition) is 0. The Balaban J connectivity index is 0.989. The molecule has 0 saturated heterocycles. The van der Waals surface area contributed by atoms with Crippen LogP contribution in [-0.4, -0.2) is 27.4 Å². The van der Waals surface area contributed by atoms with Gasteiger partial charge in [-0.25, -0.2) is 0 Å². The molecule has 15 aromatic carbocycles. The van der Waals surface area contributed by atoms with Gasteiger partial charge in [0.25, 0.3) is 6.71 Å². The molecule has 0 aliphatic carbocycles. The molecule has 0 saturated carbocycles. The highest BCUT2D eigenvalue weighted by Crippen LogP contribution is 2.47. The number of aromatic nitrogens is 1. The van der Waals surface area contributed by atoms with E-state index < -0.39 is 16.1 Å². The fourth-order valence-electron chi connectivity index (χ4n) is 16.3. The number of benzene rings is 15. The fourth-order valence-corrected chi connectivity index (χ4v) is 25.9. The first-order valence-corrected chi connectivity index (χ1v) is 37.3.